The lowest BCUT2D eigenvalue weighted by molar-refractivity contribution is -0.180. The van der Waals surface area contributed by atoms with Crippen LogP contribution in [0.25, 0.3) is 0 Å². The Morgan fingerprint density at radius 1 is 1.36 bits per heavy atom. The summed E-state index contributed by atoms with van der Waals surface area (Å²) in [6.07, 6.45) is 1.12. The Kier molecular flexibility index (Phi) is 4.08. The van der Waals surface area contributed by atoms with Gasteiger partial charge in [-0.1, -0.05) is 0 Å². The van der Waals surface area contributed by atoms with E-state index in [0.29, 0.717) is 6.42 Å². The molecule has 0 aliphatic carbocycles. The van der Waals surface area contributed by atoms with Crippen LogP contribution in [0.5, 0.6) is 0 Å². The van der Waals surface area contributed by atoms with Crippen molar-refractivity contribution < 1.29 is 28.6 Å². The van der Waals surface area contributed by atoms with E-state index in [0.717, 1.165) is 19.1 Å². The molecule has 118 valence electrons. The first kappa shape index (κ1) is 15.8. The van der Waals surface area contributed by atoms with Crippen LogP contribution in [0, 0.1) is 17.2 Å². The number of rotatable bonds is 2. The Labute approximate surface area is 127 Å². The highest BCUT2D eigenvalue weighted by molar-refractivity contribution is 6.08. The zero-order chi connectivity index (χ0) is 16.5. The third-order valence-electron chi connectivity index (χ3n) is 3.98. The molecular weight excluding hydrogens is 292 g/mol. The molecule has 2 aliphatic heterocycles. The van der Waals surface area contributed by atoms with Crippen LogP contribution in [0.1, 0.15) is 19.8 Å². The van der Waals surface area contributed by atoms with Crippen LogP contribution < -0.4 is 0 Å². The van der Waals surface area contributed by atoms with Gasteiger partial charge in [0, 0.05) is 19.3 Å². The van der Waals surface area contributed by atoms with Gasteiger partial charge in [-0.05, 0) is 12.5 Å². The smallest absolute Gasteiger partial charge is 0.343 e. The molecule has 8 nitrogen and oxygen atoms in total. The molecule has 2 atom stereocenters. The van der Waals surface area contributed by atoms with Crippen molar-refractivity contribution in [2.24, 2.45) is 5.92 Å². The molecular formula is C14H16N2O6. The summed E-state index contributed by atoms with van der Waals surface area (Å²) in [5.41, 5.74) is -1.89. The molecule has 0 aromatic carbocycles. The number of fused-ring (bicyclic) bond motifs is 1. The van der Waals surface area contributed by atoms with Gasteiger partial charge in [-0.25, -0.2) is 9.59 Å². The number of amides is 1. The van der Waals surface area contributed by atoms with E-state index in [4.69, 9.17) is 19.5 Å². The minimum Gasteiger partial charge on any atom is -0.467 e. The van der Waals surface area contributed by atoms with Crippen molar-refractivity contribution in [3.63, 3.8) is 0 Å². The van der Waals surface area contributed by atoms with E-state index in [2.05, 4.69) is 0 Å². The first-order valence-corrected chi connectivity index (χ1v) is 6.66. The largest absolute Gasteiger partial charge is 0.467 e. The van der Waals surface area contributed by atoms with E-state index >= 15 is 0 Å². The summed E-state index contributed by atoms with van der Waals surface area (Å²) in [6.45, 7) is 1.22. The van der Waals surface area contributed by atoms with Crippen LogP contribution in [0.15, 0.2) is 11.8 Å². The van der Waals surface area contributed by atoms with Gasteiger partial charge in [-0.15, -0.1) is 0 Å². The predicted molar refractivity (Wildman–Crippen MR) is 70.6 cm³/mol. The summed E-state index contributed by atoms with van der Waals surface area (Å²) in [5.74, 6) is -2.56. The van der Waals surface area contributed by atoms with E-state index in [1.165, 1.54) is 6.92 Å². The fourth-order valence-corrected chi connectivity index (χ4v) is 3.10. The number of nitriles is 1. The lowest BCUT2D eigenvalue weighted by Crippen LogP contribution is -2.61. The van der Waals surface area contributed by atoms with Crippen LogP contribution in [-0.4, -0.2) is 48.7 Å². The first-order valence-electron chi connectivity index (χ1n) is 6.66. The second-order valence-corrected chi connectivity index (χ2v) is 5.12. The van der Waals surface area contributed by atoms with E-state index in [-0.39, 0.29) is 18.1 Å². The second-order valence-electron chi connectivity index (χ2n) is 5.12. The number of allylic oxidation sites excluding steroid dienone is 2. The van der Waals surface area contributed by atoms with Gasteiger partial charge in [0.2, 0.25) is 11.4 Å². The second kappa shape index (κ2) is 5.67. The summed E-state index contributed by atoms with van der Waals surface area (Å²) in [6, 6.07) is 1.86. The van der Waals surface area contributed by atoms with Gasteiger partial charge in [0.1, 0.15) is 6.07 Å². The van der Waals surface area contributed by atoms with Crippen molar-refractivity contribution in [2.75, 3.05) is 14.2 Å². The number of likely N-dealkylation sites (tertiary alicyclic amines) is 1. The van der Waals surface area contributed by atoms with Crippen molar-refractivity contribution in [1.82, 2.24) is 4.90 Å². The molecule has 8 heteroatoms. The van der Waals surface area contributed by atoms with Crippen molar-refractivity contribution >= 4 is 17.8 Å². The Bertz CT molecular complexity index is 575. The average Bonchev–Trinajstić information content (AvgIpc) is 2.88. The van der Waals surface area contributed by atoms with Crippen molar-refractivity contribution in [3.8, 4) is 6.07 Å². The molecule has 2 aliphatic rings. The minimum atomic E-state index is -1.89. The topological polar surface area (TPSA) is 106 Å². The number of hydrogen-bond donors (Lipinski definition) is 0. The summed E-state index contributed by atoms with van der Waals surface area (Å²) in [7, 11) is 2.26. The molecule has 0 unspecified atom stereocenters. The summed E-state index contributed by atoms with van der Waals surface area (Å²) in [5, 5.41) is 8.95. The van der Waals surface area contributed by atoms with Crippen molar-refractivity contribution in [3.05, 3.63) is 11.8 Å². The van der Waals surface area contributed by atoms with Gasteiger partial charge in [0.05, 0.1) is 14.2 Å². The number of ether oxygens (including phenoxy) is 3. The molecule has 22 heavy (non-hydrogen) atoms. The number of carbonyl (C=O) groups excluding carboxylic acids is 3. The van der Waals surface area contributed by atoms with Gasteiger partial charge in [0.25, 0.3) is 0 Å². The third-order valence-corrected chi connectivity index (χ3v) is 3.98. The Morgan fingerprint density at radius 2 is 1.95 bits per heavy atom. The SMILES string of the molecule is COC(=O)C1(C(=O)OC)C[C@H]2CC=C(C#N)O[C@@H]2N1C(C)=O. The Hall–Kier alpha value is -2.56. The standard InChI is InChI=1S/C14H16N2O6/c1-8(17)16-11-9(4-5-10(7-15)22-11)6-14(16,12(18)20-2)13(19)21-3/h5,9,11H,4,6H2,1-3H3/t9-,11+/m1/s1. The lowest BCUT2D eigenvalue weighted by Gasteiger charge is -2.36. The Balaban J connectivity index is 2.52. The number of methoxy groups -OCH3 is 2. The summed E-state index contributed by atoms with van der Waals surface area (Å²) < 4.78 is 14.9. The van der Waals surface area contributed by atoms with Crippen LogP contribution >= 0.6 is 0 Å². The zero-order valence-corrected chi connectivity index (χ0v) is 12.5. The van der Waals surface area contributed by atoms with Gasteiger partial charge in [-0.2, -0.15) is 5.26 Å². The van der Waals surface area contributed by atoms with Crippen LogP contribution in [0.3, 0.4) is 0 Å². The predicted octanol–water partition coefficient (Wildman–Crippen LogP) is 0.0935. The molecule has 2 heterocycles. The normalized spacial score (nSPS) is 25.2. The van der Waals surface area contributed by atoms with Gasteiger partial charge >= 0.3 is 11.9 Å². The molecule has 2 rings (SSSR count). The van der Waals surface area contributed by atoms with E-state index in [1.54, 1.807) is 6.08 Å². The van der Waals surface area contributed by atoms with Crippen LogP contribution in [0.2, 0.25) is 0 Å². The molecule has 1 fully saturated rings. The first-order chi connectivity index (χ1) is 10.4. The fourth-order valence-electron chi connectivity index (χ4n) is 3.10. The number of carbonyl (C=O) groups is 3. The average molecular weight is 308 g/mol. The highest BCUT2D eigenvalue weighted by atomic mass is 16.6. The molecule has 0 aromatic heterocycles. The third kappa shape index (κ3) is 2.09. The Morgan fingerprint density at radius 3 is 2.41 bits per heavy atom. The summed E-state index contributed by atoms with van der Waals surface area (Å²) in [4.78, 5) is 37.7. The number of hydrogen-bond acceptors (Lipinski definition) is 7. The molecule has 0 aromatic rings. The monoisotopic (exact) mass is 308 g/mol. The highest BCUT2D eigenvalue weighted by Crippen LogP contribution is 2.45. The summed E-state index contributed by atoms with van der Waals surface area (Å²) >= 11 is 0. The molecule has 0 N–H and O–H groups in total. The van der Waals surface area contributed by atoms with E-state index < -0.39 is 29.6 Å². The molecule has 0 bridgehead atoms. The van der Waals surface area contributed by atoms with Gasteiger partial charge in [-0.3, -0.25) is 9.69 Å². The number of esters is 2. The molecule has 1 saturated heterocycles. The quantitative estimate of drug-likeness (QED) is 0.526. The number of nitrogens with zero attached hydrogens (tertiary/aromatic N) is 2. The maximum atomic E-state index is 12.3. The van der Waals surface area contributed by atoms with Crippen LogP contribution in [-0.2, 0) is 28.6 Å². The molecule has 0 saturated carbocycles. The van der Waals surface area contributed by atoms with Crippen molar-refractivity contribution in [1.29, 1.82) is 5.26 Å². The molecule has 0 radical (unpaired) electrons. The fraction of sp³-hybridized carbons (Fsp3) is 0.571. The van der Waals surface area contributed by atoms with Gasteiger partial charge < -0.3 is 14.2 Å². The molecule has 1 amide bonds. The minimum absolute atomic E-state index is 0.0196. The van der Waals surface area contributed by atoms with Crippen molar-refractivity contribution in [2.45, 2.75) is 31.5 Å². The van der Waals surface area contributed by atoms with Gasteiger partial charge in [0.15, 0.2) is 12.0 Å². The maximum Gasteiger partial charge on any atom is 0.343 e. The maximum absolute atomic E-state index is 12.3. The van der Waals surface area contributed by atoms with Crippen LogP contribution in [0.4, 0.5) is 0 Å². The van der Waals surface area contributed by atoms with E-state index in [9.17, 15) is 14.4 Å². The van der Waals surface area contributed by atoms with E-state index in [1.807, 2.05) is 6.07 Å². The molecule has 0 spiro atoms. The lowest BCUT2D eigenvalue weighted by atomic mass is 9.89. The highest BCUT2D eigenvalue weighted by Gasteiger charge is 2.65. The zero-order valence-electron chi connectivity index (χ0n) is 12.5.